The first kappa shape index (κ1) is 24.4. The molecule has 158 valence electrons. The first-order chi connectivity index (χ1) is 13.1. The van der Waals surface area contributed by atoms with Gasteiger partial charge in [0.25, 0.3) is 5.91 Å². The van der Waals surface area contributed by atoms with Gasteiger partial charge in [-0.15, -0.1) is 0 Å². The highest BCUT2D eigenvalue weighted by Gasteiger charge is 2.34. The summed E-state index contributed by atoms with van der Waals surface area (Å²) in [5, 5.41) is 83.7. The summed E-state index contributed by atoms with van der Waals surface area (Å²) in [6, 6.07) is 4.67. The minimum absolute atomic E-state index is 0.0236. The SMILES string of the molecule is O=C(NN[C@@H](Cc1ccc(B(O)O)cc1)C(O)O)[C@H](O)[C@@H](O)[C@@H](O)[C@H](O)CO. The molecule has 0 saturated carbocycles. The van der Waals surface area contributed by atoms with E-state index < -0.39 is 56.4 Å². The van der Waals surface area contributed by atoms with Crippen LogP contribution in [0, 0.1) is 0 Å². The number of nitrogens with one attached hydrogen (secondary N) is 2. The predicted octanol–water partition coefficient (Wildman–Crippen LogP) is -6.36. The standard InChI is InChI=1S/C15H25BN2O10/c19-6-10(20)11(21)12(22)13(23)14(24)18-17-9(15(25)26)5-7-1-3-8(4-2-7)16(27)28/h1-4,9-13,15,17,19-23,25-28H,5-6H2,(H,18,24)/t9-,10+,11-,12-,13+/m0/s1. The maximum atomic E-state index is 11.8. The van der Waals surface area contributed by atoms with Crippen molar-refractivity contribution in [2.45, 2.75) is 43.2 Å². The minimum Gasteiger partial charge on any atom is -0.423 e. The Morgan fingerprint density at radius 2 is 1.54 bits per heavy atom. The number of carbonyl (C=O) groups is 1. The topological polar surface area (TPSA) is 223 Å². The zero-order chi connectivity index (χ0) is 21.4. The summed E-state index contributed by atoms with van der Waals surface area (Å²) in [6.45, 7) is -0.907. The van der Waals surface area contributed by atoms with Crippen molar-refractivity contribution in [1.29, 1.82) is 0 Å². The molecular formula is C15H25BN2O10. The van der Waals surface area contributed by atoms with E-state index in [0.717, 1.165) is 0 Å². The van der Waals surface area contributed by atoms with Crippen LogP contribution in [0.3, 0.4) is 0 Å². The average molecular weight is 404 g/mol. The van der Waals surface area contributed by atoms with Crippen molar-refractivity contribution >= 4 is 18.5 Å². The monoisotopic (exact) mass is 404 g/mol. The molecule has 0 bridgehead atoms. The van der Waals surface area contributed by atoms with Gasteiger partial charge >= 0.3 is 7.12 Å². The van der Waals surface area contributed by atoms with Crippen molar-refractivity contribution in [2.75, 3.05) is 6.61 Å². The number of hydrazine groups is 1. The molecule has 0 saturated heterocycles. The molecule has 12 nitrogen and oxygen atoms in total. The second kappa shape index (κ2) is 11.4. The average Bonchev–Trinajstić information content (AvgIpc) is 2.68. The van der Waals surface area contributed by atoms with Gasteiger partial charge in [0, 0.05) is 0 Å². The van der Waals surface area contributed by atoms with Crippen molar-refractivity contribution < 1.29 is 50.6 Å². The summed E-state index contributed by atoms with van der Waals surface area (Å²) in [4.78, 5) is 11.8. The van der Waals surface area contributed by atoms with Crippen LogP contribution in [0.25, 0.3) is 0 Å². The van der Waals surface area contributed by atoms with Crippen LogP contribution < -0.4 is 16.3 Å². The van der Waals surface area contributed by atoms with Gasteiger partial charge in [0.2, 0.25) is 0 Å². The van der Waals surface area contributed by atoms with Crippen molar-refractivity contribution in [3.8, 4) is 0 Å². The smallest absolute Gasteiger partial charge is 0.423 e. The lowest BCUT2D eigenvalue weighted by Gasteiger charge is -2.26. The molecule has 0 aliphatic heterocycles. The number of aliphatic hydroxyl groups is 7. The molecule has 1 aromatic carbocycles. The van der Waals surface area contributed by atoms with E-state index in [4.69, 9.17) is 15.2 Å². The lowest BCUT2D eigenvalue weighted by Crippen LogP contribution is -2.57. The molecule has 1 rings (SSSR count). The molecule has 1 aromatic rings. The Bertz CT molecular complexity index is 603. The second-order valence-electron chi connectivity index (χ2n) is 6.15. The summed E-state index contributed by atoms with van der Waals surface area (Å²) < 4.78 is 0. The zero-order valence-corrected chi connectivity index (χ0v) is 14.7. The molecule has 0 heterocycles. The van der Waals surface area contributed by atoms with Crippen LogP contribution in [-0.2, 0) is 11.2 Å². The number of benzene rings is 1. The Hall–Kier alpha value is -1.65. The van der Waals surface area contributed by atoms with E-state index in [2.05, 4.69) is 5.43 Å². The number of carbonyl (C=O) groups excluding carboxylic acids is 1. The fourth-order valence-corrected chi connectivity index (χ4v) is 2.23. The first-order valence-electron chi connectivity index (χ1n) is 8.28. The fraction of sp³-hybridized carbons (Fsp3) is 0.533. The predicted molar refractivity (Wildman–Crippen MR) is 94.4 cm³/mol. The summed E-state index contributed by atoms with van der Waals surface area (Å²) >= 11 is 0. The number of aliphatic hydroxyl groups excluding tert-OH is 6. The molecule has 28 heavy (non-hydrogen) atoms. The maximum Gasteiger partial charge on any atom is 0.488 e. The van der Waals surface area contributed by atoms with Crippen molar-refractivity contribution in [3.05, 3.63) is 29.8 Å². The van der Waals surface area contributed by atoms with Gasteiger partial charge in [-0.05, 0) is 17.4 Å². The van der Waals surface area contributed by atoms with Gasteiger partial charge in [-0.25, -0.2) is 5.43 Å². The highest BCUT2D eigenvalue weighted by molar-refractivity contribution is 6.58. The Morgan fingerprint density at radius 3 is 2.00 bits per heavy atom. The first-order valence-corrected chi connectivity index (χ1v) is 8.28. The summed E-state index contributed by atoms with van der Waals surface area (Å²) in [5.41, 5.74) is 4.99. The normalized spacial score (nSPS) is 16.9. The Labute approximate surface area is 160 Å². The van der Waals surface area contributed by atoms with E-state index in [-0.39, 0.29) is 11.9 Å². The molecule has 0 spiro atoms. The summed E-state index contributed by atoms with van der Waals surface area (Å²) in [5.74, 6) is -1.24. The van der Waals surface area contributed by atoms with Gasteiger partial charge in [0.15, 0.2) is 12.4 Å². The van der Waals surface area contributed by atoms with E-state index in [9.17, 15) is 35.4 Å². The van der Waals surface area contributed by atoms with Crippen molar-refractivity contribution in [3.63, 3.8) is 0 Å². The van der Waals surface area contributed by atoms with Gasteiger partial charge in [-0.2, -0.15) is 0 Å². The lowest BCUT2D eigenvalue weighted by molar-refractivity contribution is -0.150. The third-order valence-electron chi connectivity index (χ3n) is 4.00. The van der Waals surface area contributed by atoms with Crippen LogP contribution in [0.5, 0.6) is 0 Å². The molecule has 0 aliphatic rings. The summed E-state index contributed by atoms with van der Waals surface area (Å²) in [7, 11) is -1.65. The van der Waals surface area contributed by atoms with Gasteiger partial charge in [-0.1, -0.05) is 24.3 Å². The Kier molecular flexibility index (Phi) is 9.91. The largest absolute Gasteiger partial charge is 0.488 e. The van der Waals surface area contributed by atoms with Gasteiger partial charge < -0.3 is 45.8 Å². The van der Waals surface area contributed by atoms with Crippen molar-refractivity contribution in [2.24, 2.45) is 0 Å². The lowest BCUT2D eigenvalue weighted by atomic mass is 9.80. The van der Waals surface area contributed by atoms with E-state index in [1.54, 1.807) is 0 Å². The van der Waals surface area contributed by atoms with Crippen molar-refractivity contribution in [1.82, 2.24) is 10.9 Å². The molecule has 0 aromatic heterocycles. The van der Waals surface area contributed by atoms with Crippen LogP contribution in [0.1, 0.15) is 5.56 Å². The third-order valence-corrected chi connectivity index (χ3v) is 4.00. The molecule has 0 fully saturated rings. The van der Waals surface area contributed by atoms with Gasteiger partial charge in [0.05, 0.1) is 12.6 Å². The van der Waals surface area contributed by atoms with E-state index >= 15 is 0 Å². The van der Waals surface area contributed by atoms with E-state index in [1.807, 2.05) is 5.43 Å². The Balaban J connectivity index is 2.65. The molecule has 0 radical (unpaired) electrons. The molecule has 11 N–H and O–H groups in total. The van der Waals surface area contributed by atoms with Crippen LogP contribution in [0.4, 0.5) is 0 Å². The molecule has 0 aliphatic carbocycles. The molecule has 1 amide bonds. The highest BCUT2D eigenvalue weighted by Crippen LogP contribution is 2.07. The maximum absolute atomic E-state index is 11.8. The Morgan fingerprint density at radius 1 is 0.964 bits per heavy atom. The molecular weight excluding hydrogens is 379 g/mol. The van der Waals surface area contributed by atoms with Crippen LogP contribution in [0.15, 0.2) is 24.3 Å². The fourth-order valence-electron chi connectivity index (χ4n) is 2.23. The quantitative estimate of drug-likeness (QED) is 0.0945. The number of rotatable bonds is 11. The van der Waals surface area contributed by atoms with E-state index in [1.165, 1.54) is 24.3 Å². The minimum atomic E-state index is -2.19. The van der Waals surface area contributed by atoms with E-state index in [0.29, 0.717) is 5.56 Å². The number of hydrogen-bond donors (Lipinski definition) is 11. The molecule has 5 atom stereocenters. The van der Waals surface area contributed by atoms with Crippen LogP contribution in [0.2, 0.25) is 0 Å². The van der Waals surface area contributed by atoms with Gasteiger partial charge in [0.1, 0.15) is 18.3 Å². The molecule has 13 heteroatoms. The van der Waals surface area contributed by atoms with Crippen LogP contribution >= 0.6 is 0 Å². The number of hydrogen-bond acceptors (Lipinski definition) is 11. The molecule has 0 unspecified atom stereocenters. The number of amides is 1. The zero-order valence-electron chi connectivity index (χ0n) is 14.7. The summed E-state index contributed by atoms with van der Waals surface area (Å²) in [6.07, 6.45) is -10.0. The van der Waals surface area contributed by atoms with Crippen LogP contribution in [-0.4, -0.2) is 102 Å². The highest BCUT2D eigenvalue weighted by atomic mass is 16.5. The second-order valence-corrected chi connectivity index (χ2v) is 6.15. The van der Waals surface area contributed by atoms with Gasteiger partial charge in [-0.3, -0.25) is 10.2 Å². The third kappa shape index (κ3) is 7.07.